The van der Waals surface area contributed by atoms with Gasteiger partial charge in [0.05, 0.1) is 17.3 Å². The standard InChI is InChI=1S/C14H11N3/c1-16-9-12-5-6-14(17-10-12)13-4-2-3-11(7-13)8-15/h2-7,9-10H,1H3. The SMILES string of the molecule is CN=Cc1ccc(-c2cccc(C#N)c2)nc1. The Labute approximate surface area is 100 Å². The van der Waals surface area contributed by atoms with Crippen molar-refractivity contribution >= 4 is 6.21 Å². The van der Waals surface area contributed by atoms with Gasteiger partial charge in [-0.05, 0) is 24.3 Å². The molecule has 0 amide bonds. The molecule has 0 saturated heterocycles. The molecule has 2 aromatic rings. The Morgan fingerprint density at radius 2 is 2.18 bits per heavy atom. The monoisotopic (exact) mass is 221 g/mol. The van der Waals surface area contributed by atoms with E-state index in [1.54, 1.807) is 25.5 Å². The molecule has 0 N–H and O–H groups in total. The molecule has 0 saturated carbocycles. The number of aromatic nitrogens is 1. The van der Waals surface area contributed by atoms with E-state index in [0.29, 0.717) is 5.56 Å². The average molecular weight is 221 g/mol. The van der Waals surface area contributed by atoms with E-state index < -0.39 is 0 Å². The fourth-order valence-electron chi connectivity index (χ4n) is 1.55. The van der Waals surface area contributed by atoms with E-state index in [4.69, 9.17) is 5.26 Å². The van der Waals surface area contributed by atoms with Gasteiger partial charge in [-0.3, -0.25) is 9.98 Å². The lowest BCUT2D eigenvalue weighted by molar-refractivity contribution is 1.31. The summed E-state index contributed by atoms with van der Waals surface area (Å²) >= 11 is 0. The predicted octanol–water partition coefficient (Wildman–Crippen LogP) is 2.67. The number of benzene rings is 1. The number of pyridine rings is 1. The van der Waals surface area contributed by atoms with Crippen molar-refractivity contribution in [2.75, 3.05) is 7.05 Å². The van der Waals surface area contributed by atoms with Crippen LogP contribution in [-0.2, 0) is 0 Å². The zero-order valence-corrected chi connectivity index (χ0v) is 9.46. The molecule has 0 fully saturated rings. The van der Waals surface area contributed by atoms with Gasteiger partial charge in [0.1, 0.15) is 0 Å². The number of hydrogen-bond acceptors (Lipinski definition) is 3. The highest BCUT2D eigenvalue weighted by molar-refractivity contribution is 5.79. The molecule has 82 valence electrons. The molecule has 1 aromatic carbocycles. The highest BCUT2D eigenvalue weighted by Crippen LogP contribution is 2.17. The molecule has 1 aromatic heterocycles. The van der Waals surface area contributed by atoms with Crippen molar-refractivity contribution < 1.29 is 0 Å². The van der Waals surface area contributed by atoms with Crippen molar-refractivity contribution in [2.24, 2.45) is 4.99 Å². The number of nitriles is 1. The quantitative estimate of drug-likeness (QED) is 0.732. The maximum absolute atomic E-state index is 8.84. The van der Waals surface area contributed by atoms with Crippen LogP contribution in [0.5, 0.6) is 0 Å². The summed E-state index contributed by atoms with van der Waals surface area (Å²) in [6.45, 7) is 0. The molecular formula is C14H11N3. The van der Waals surface area contributed by atoms with E-state index in [0.717, 1.165) is 16.8 Å². The van der Waals surface area contributed by atoms with Crippen LogP contribution in [0.4, 0.5) is 0 Å². The third-order valence-corrected chi connectivity index (χ3v) is 2.35. The summed E-state index contributed by atoms with van der Waals surface area (Å²) in [5, 5.41) is 8.84. The van der Waals surface area contributed by atoms with E-state index >= 15 is 0 Å². The fraction of sp³-hybridized carbons (Fsp3) is 0.0714. The van der Waals surface area contributed by atoms with Crippen molar-refractivity contribution in [2.45, 2.75) is 0 Å². The second-order valence-electron chi connectivity index (χ2n) is 3.56. The number of hydrogen-bond donors (Lipinski definition) is 0. The van der Waals surface area contributed by atoms with Gasteiger partial charge in [0.25, 0.3) is 0 Å². The Balaban J connectivity index is 2.36. The summed E-state index contributed by atoms with van der Waals surface area (Å²) in [6.07, 6.45) is 3.52. The minimum Gasteiger partial charge on any atom is -0.296 e. The first-order valence-corrected chi connectivity index (χ1v) is 5.22. The van der Waals surface area contributed by atoms with Gasteiger partial charge in [-0.25, -0.2) is 0 Å². The summed E-state index contributed by atoms with van der Waals surface area (Å²) in [4.78, 5) is 8.27. The molecule has 0 aliphatic heterocycles. The summed E-state index contributed by atoms with van der Waals surface area (Å²) < 4.78 is 0. The zero-order chi connectivity index (χ0) is 12.1. The van der Waals surface area contributed by atoms with Crippen molar-refractivity contribution in [1.82, 2.24) is 4.98 Å². The van der Waals surface area contributed by atoms with Gasteiger partial charge in [0.2, 0.25) is 0 Å². The number of aliphatic imine (C=N–C) groups is 1. The fourth-order valence-corrected chi connectivity index (χ4v) is 1.55. The van der Waals surface area contributed by atoms with E-state index in [1.165, 1.54) is 0 Å². The molecule has 0 unspecified atom stereocenters. The summed E-state index contributed by atoms with van der Waals surface area (Å²) in [5.74, 6) is 0. The van der Waals surface area contributed by atoms with E-state index in [-0.39, 0.29) is 0 Å². The normalized spacial score (nSPS) is 10.4. The van der Waals surface area contributed by atoms with Crippen LogP contribution in [0.2, 0.25) is 0 Å². The third kappa shape index (κ3) is 2.56. The van der Waals surface area contributed by atoms with Gasteiger partial charge in [0, 0.05) is 30.6 Å². The molecule has 2 rings (SSSR count). The summed E-state index contributed by atoms with van der Waals surface area (Å²) in [5.41, 5.74) is 3.41. The van der Waals surface area contributed by atoms with Gasteiger partial charge >= 0.3 is 0 Å². The van der Waals surface area contributed by atoms with E-state index in [9.17, 15) is 0 Å². The molecule has 3 heteroatoms. The van der Waals surface area contributed by atoms with Crippen LogP contribution in [0.15, 0.2) is 47.6 Å². The molecule has 0 aliphatic rings. The van der Waals surface area contributed by atoms with Crippen LogP contribution in [-0.4, -0.2) is 18.2 Å². The van der Waals surface area contributed by atoms with Crippen molar-refractivity contribution in [3.8, 4) is 17.3 Å². The minimum absolute atomic E-state index is 0.642. The maximum atomic E-state index is 8.84. The predicted molar refractivity (Wildman–Crippen MR) is 67.9 cm³/mol. The highest BCUT2D eigenvalue weighted by atomic mass is 14.7. The Hall–Kier alpha value is -2.47. The van der Waals surface area contributed by atoms with Gasteiger partial charge < -0.3 is 0 Å². The first-order valence-electron chi connectivity index (χ1n) is 5.22. The van der Waals surface area contributed by atoms with Crippen molar-refractivity contribution in [3.05, 3.63) is 53.7 Å². The molecule has 17 heavy (non-hydrogen) atoms. The van der Waals surface area contributed by atoms with Crippen LogP contribution in [0.1, 0.15) is 11.1 Å². The van der Waals surface area contributed by atoms with Crippen molar-refractivity contribution in [1.29, 1.82) is 5.26 Å². The van der Waals surface area contributed by atoms with E-state index in [1.807, 2.05) is 30.3 Å². The summed E-state index contributed by atoms with van der Waals surface area (Å²) in [7, 11) is 1.73. The molecule has 0 spiro atoms. The molecule has 0 aliphatic carbocycles. The minimum atomic E-state index is 0.642. The van der Waals surface area contributed by atoms with Crippen molar-refractivity contribution in [3.63, 3.8) is 0 Å². The lowest BCUT2D eigenvalue weighted by atomic mass is 10.1. The first kappa shape index (κ1) is 11.0. The first-order chi connectivity index (χ1) is 8.33. The third-order valence-electron chi connectivity index (χ3n) is 2.35. The van der Waals surface area contributed by atoms with Gasteiger partial charge in [-0.1, -0.05) is 12.1 Å². The topological polar surface area (TPSA) is 49.0 Å². The highest BCUT2D eigenvalue weighted by Gasteiger charge is 2.00. The van der Waals surface area contributed by atoms with Gasteiger partial charge in [-0.2, -0.15) is 5.26 Å². The van der Waals surface area contributed by atoms with Crippen LogP contribution < -0.4 is 0 Å². The molecular weight excluding hydrogens is 210 g/mol. The maximum Gasteiger partial charge on any atom is 0.0991 e. The smallest absolute Gasteiger partial charge is 0.0991 e. The average Bonchev–Trinajstić information content (AvgIpc) is 2.40. The zero-order valence-electron chi connectivity index (χ0n) is 9.46. The molecule has 0 radical (unpaired) electrons. The lowest BCUT2D eigenvalue weighted by Gasteiger charge is -2.01. The second-order valence-corrected chi connectivity index (χ2v) is 3.56. The van der Waals surface area contributed by atoms with E-state index in [2.05, 4.69) is 16.0 Å². The molecule has 1 heterocycles. The Morgan fingerprint density at radius 3 is 2.82 bits per heavy atom. The lowest BCUT2D eigenvalue weighted by Crippen LogP contribution is -1.87. The molecule has 3 nitrogen and oxygen atoms in total. The largest absolute Gasteiger partial charge is 0.296 e. The van der Waals surface area contributed by atoms with Crippen LogP contribution in [0, 0.1) is 11.3 Å². The summed E-state index contributed by atoms with van der Waals surface area (Å²) in [6, 6.07) is 13.4. The second kappa shape index (κ2) is 5.04. The van der Waals surface area contributed by atoms with Crippen LogP contribution in [0.25, 0.3) is 11.3 Å². The van der Waals surface area contributed by atoms with Gasteiger partial charge in [-0.15, -0.1) is 0 Å². The van der Waals surface area contributed by atoms with Crippen LogP contribution in [0.3, 0.4) is 0 Å². The number of nitrogens with zero attached hydrogens (tertiary/aromatic N) is 3. The molecule has 0 atom stereocenters. The number of rotatable bonds is 2. The Kier molecular flexibility index (Phi) is 3.27. The molecule has 0 bridgehead atoms. The van der Waals surface area contributed by atoms with Crippen LogP contribution >= 0.6 is 0 Å². The Morgan fingerprint density at radius 1 is 1.29 bits per heavy atom. The van der Waals surface area contributed by atoms with Gasteiger partial charge in [0.15, 0.2) is 0 Å². The Bertz CT molecular complexity index is 577.